The average Bonchev–Trinajstić information content (AvgIpc) is 3.09. The molecule has 1 amide bonds. The molecule has 5 nitrogen and oxygen atoms in total. The Morgan fingerprint density at radius 3 is 2.62 bits per heavy atom. The van der Waals surface area contributed by atoms with Crippen LogP contribution >= 0.6 is 0 Å². The fraction of sp³-hybridized carbons (Fsp3) is 0.458. The van der Waals surface area contributed by atoms with E-state index in [2.05, 4.69) is 48.2 Å². The minimum absolute atomic E-state index is 0.0362. The van der Waals surface area contributed by atoms with Crippen molar-refractivity contribution in [2.24, 2.45) is 0 Å². The van der Waals surface area contributed by atoms with Crippen molar-refractivity contribution in [2.75, 3.05) is 39.4 Å². The lowest BCUT2D eigenvalue weighted by molar-refractivity contribution is 0.0341. The zero-order valence-electron chi connectivity index (χ0n) is 17.1. The van der Waals surface area contributed by atoms with Crippen molar-refractivity contribution in [1.29, 1.82) is 0 Å². The molecule has 154 valence electrons. The van der Waals surface area contributed by atoms with Crippen LogP contribution in [0, 0.1) is 6.92 Å². The molecule has 0 N–H and O–H groups in total. The van der Waals surface area contributed by atoms with Gasteiger partial charge in [0.05, 0.1) is 25.8 Å². The highest BCUT2D eigenvalue weighted by atomic mass is 16.6. The molecule has 2 heterocycles. The number of ether oxygens (including phenoxy) is 2. The van der Waals surface area contributed by atoms with E-state index >= 15 is 0 Å². The summed E-state index contributed by atoms with van der Waals surface area (Å²) in [5.74, 6) is 0. The summed E-state index contributed by atoms with van der Waals surface area (Å²) in [5.41, 5.74) is 3.62. The normalized spacial score (nSPS) is 21.2. The molecule has 0 aliphatic carbocycles. The van der Waals surface area contributed by atoms with Crippen molar-refractivity contribution < 1.29 is 14.3 Å². The van der Waals surface area contributed by atoms with Crippen LogP contribution in [0.3, 0.4) is 0 Å². The van der Waals surface area contributed by atoms with Crippen LogP contribution in [0.25, 0.3) is 0 Å². The second-order valence-corrected chi connectivity index (χ2v) is 8.02. The predicted octanol–water partition coefficient (Wildman–Crippen LogP) is 3.82. The number of hydrogen-bond donors (Lipinski definition) is 0. The van der Waals surface area contributed by atoms with Gasteiger partial charge in [-0.1, -0.05) is 60.2 Å². The summed E-state index contributed by atoms with van der Waals surface area (Å²) in [6.07, 6.45) is 1.36. The molecule has 2 aliphatic rings. The molecule has 0 aromatic heterocycles. The molecule has 0 spiro atoms. The summed E-state index contributed by atoms with van der Waals surface area (Å²) in [7, 11) is 0. The Bertz CT molecular complexity index is 805. The van der Waals surface area contributed by atoms with Gasteiger partial charge in [0, 0.05) is 26.1 Å². The predicted molar refractivity (Wildman–Crippen MR) is 113 cm³/mol. The molecular weight excluding hydrogens is 364 g/mol. The number of cyclic esters (lactones) is 1. The maximum absolute atomic E-state index is 12.8. The molecule has 5 heteroatoms. The zero-order chi connectivity index (χ0) is 20.1. The molecule has 0 radical (unpaired) electrons. The third-order valence-electron chi connectivity index (χ3n) is 5.83. The van der Waals surface area contributed by atoms with Crippen LogP contribution in [0.15, 0.2) is 54.6 Å². The van der Waals surface area contributed by atoms with Crippen molar-refractivity contribution >= 4 is 6.09 Å². The van der Waals surface area contributed by atoms with E-state index in [1.165, 1.54) is 16.7 Å². The summed E-state index contributed by atoms with van der Waals surface area (Å²) >= 11 is 0. The first-order valence-corrected chi connectivity index (χ1v) is 10.6. The molecule has 0 saturated carbocycles. The highest BCUT2D eigenvalue weighted by Crippen LogP contribution is 2.30. The van der Waals surface area contributed by atoms with Crippen molar-refractivity contribution in [3.05, 3.63) is 71.3 Å². The smallest absolute Gasteiger partial charge is 0.410 e. The van der Waals surface area contributed by atoms with Gasteiger partial charge in [-0.2, -0.15) is 0 Å². The van der Waals surface area contributed by atoms with E-state index in [-0.39, 0.29) is 18.2 Å². The van der Waals surface area contributed by atoms with Crippen LogP contribution in [0.1, 0.15) is 29.2 Å². The summed E-state index contributed by atoms with van der Waals surface area (Å²) < 4.78 is 11.2. The van der Waals surface area contributed by atoms with Crippen LogP contribution in [-0.2, 0) is 15.9 Å². The van der Waals surface area contributed by atoms with Gasteiger partial charge in [0.1, 0.15) is 6.10 Å². The van der Waals surface area contributed by atoms with Gasteiger partial charge in [0.15, 0.2) is 0 Å². The van der Waals surface area contributed by atoms with E-state index in [1.54, 1.807) is 0 Å². The van der Waals surface area contributed by atoms with Gasteiger partial charge in [-0.15, -0.1) is 0 Å². The lowest BCUT2D eigenvalue weighted by atomic mass is 10.0. The van der Waals surface area contributed by atoms with E-state index in [0.29, 0.717) is 6.54 Å². The van der Waals surface area contributed by atoms with Gasteiger partial charge in [-0.25, -0.2) is 4.79 Å². The summed E-state index contributed by atoms with van der Waals surface area (Å²) in [6.45, 7) is 7.18. The van der Waals surface area contributed by atoms with Crippen molar-refractivity contribution in [3.8, 4) is 0 Å². The van der Waals surface area contributed by atoms with Crippen molar-refractivity contribution in [2.45, 2.75) is 31.9 Å². The number of carbonyl (C=O) groups excluding carboxylic acids is 1. The number of amides is 1. The molecule has 2 unspecified atom stereocenters. The molecule has 0 bridgehead atoms. The Kier molecular flexibility index (Phi) is 6.47. The van der Waals surface area contributed by atoms with Gasteiger partial charge < -0.3 is 9.47 Å². The largest absolute Gasteiger partial charge is 0.444 e. The standard InChI is InChI=1S/C24H30N2O3/c1-19-6-5-7-20(16-19)17-22-18-26(24(27)29-22)23(21-8-3-2-4-9-21)10-11-25-12-14-28-15-13-25/h2-9,16,22-23H,10-15,17-18H2,1H3. The minimum Gasteiger partial charge on any atom is -0.444 e. The number of aryl methyl sites for hydroxylation is 1. The first kappa shape index (κ1) is 19.9. The number of benzene rings is 2. The molecule has 29 heavy (non-hydrogen) atoms. The van der Waals surface area contributed by atoms with E-state index in [1.807, 2.05) is 23.1 Å². The van der Waals surface area contributed by atoms with Gasteiger partial charge in [0.2, 0.25) is 0 Å². The third kappa shape index (κ3) is 5.17. The second kappa shape index (κ2) is 9.42. The van der Waals surface area contributed by atoms with Gasteiger partial charge >= 0.3 is 6.09 Å². The lowest BCUT2D eigenvalue weighted by Gasteiger charge is -2.31. The number of hydrogen-bond acceptors (Lipinski definition) is 4. The Labute approximate surface area is 173 Å². The minimum atomic E-state index is -0.196. The molecule has 2 aromatic rings. The van der Waals surface area contributed by atoms with E-state index in [9.17, 15) is 4.79 Å². The SMILES string of the molecule is Cc1cccc(CC2CN(C(CCN3CCOCC3)c3ccccc3)C(=O)O2)c1. The summed E-state index contributed by atoms with van der Waals surface area (Å²) in [4.78, 5) is 17.1. The summed E-state index contributed by atoms with van der Waals surface area (Å²) in [6, 6.07) is 18.8. The maximum atomic E-state index is 12.8. The zero-order valence-corrected chi connectivity index (χ0v) is 17.1. The Hall–Kier alpha value is -2.37. The Morgan fingerprint density at radius 2 is 1.86 bits per heavy atom. The third-order valence-corrected chi connectivity index (χ3v) is 5.83. The average molecular weight is 395 g/mol. The maximum Gasteiger partial charge on any atom is 0.410 e. The van der Waals surface area contributed by atoms with Crippen LogP contribution in [0.2, 0.25) is 0 Å². The van der Waals surface area contributed by atoms with Crippen LogP contribution < -0.4 is 0 Å². The first-order chi connectivity index (χ1) is 14.2. The molecule has 4 rings (SSSR count). The number of carbonyl (C=O) groups is 1. The van der Waals surface area contributed by atoms with E-state index < -0.39 is 0 Å². The fourth-order valence-electron chi connectivity index (χ4n) is 4.31. The van der Waals surface area contributed by atoms with Crippen LogP contribution in [-0.4, -0.2) is 61.4 Å². The molecular formula is C24H30N2O3. The molecule has 2 aromatic carbocycles. The van der Waals surface area contributed by atoms with Gasteiger partial charge in [-0.3, -0.25) is 9.80 Å². The van der Waals surface area contributed by atoms with E-state index in [0.717, 1.165) is 45.7 Å². The van der Waals surface area contributed by atoms with Crippen molar-refractivity contribution in [3.63, 3.8) is 0 Å². The lowest BCUT2D eigenvalue weighted by Crippen LogP contribution is -2.39. The first-order valence-electron chi connectivity index (χ1n) is 10.6. The van der Waals surface area contributed by atoms with Crippen LogP contribution in [0.5, 0.6) is 0 Å². The summed E-state index contributed by atoms with van der Waals surface area (Å²) in [5, 5.41) is 0. The quantitative estimate of drug-likeness (QED) is 0.716. The molecule has 2 fully saturated rings. The number of rotatable bonds is 7. The van der Waals surface area contributed by atoms with Crippen LogP contribution in [0.4, 0.5) is 4.79 Å². The van der Waals surface area contributed by atoms with Crippen molar-refractivity contribution in [1.82, 2.24) is 9.80 Å². The Morgan fingerprint density at radius 1 is 1.07 bits per heavy atom. The molecule has 2 saturated heterocycles. The monoisotopic (exact) mass is 394 g/mol. The van der Waals surface area contributed by atoms with Gasteiger partial charge in [-0.05, 0) is 24.5 Å². The number of morpholine rings is 1. The molecule has 2 aliphatic heterocycles. The fourth-order valence-corrected chi connectivity index (χ4v) is 4.31. The van der Waals surface area contributed by atoms with E-state index in [4.69, 9.17) is 9.47 Å². The molecule has 2 atom stereocenters. The van der Waals surface area contributed by atoms with Gasteiger partial charge in [0.25, 0.3) is 0 Å². The highest BCUT2D eigenvalue weighted by molar-refractivity contribution is 5.70. The Balaban J connectivity index is 1.45. The highest BCUT2D eigenvalue weighted by Gasteiger charge is 2.36. The number of nitrogens with zero attached hydrogens (tertiary/aromatic N) is 2. The topological polar surface area (TPSA) is 42.0 Å². The second-order valence-electron chi connectivity index (χ2n) is 8.02.